The third kappa shape index (κ3) is 3.99. The van der Waals surface area contributed by atoms with Crippen LogP contribution in [0.2, 0.25) is 0 Å². The van der Waals surface area contributed by atoms with Crippen molar-refractivity contribution < 1.29 is 4.79 Å². The Labute approximate surface area is 130 Å². The minimum atomic E-state index is 0.187. The first kappa shape index (κ1) is 14.9. The molecule has 2 heterocycles. The molecule has 0 aliphatic rings. The fourth-order valence-electron chi connectivity index (χ4n) is 1.77. The molecule has 5 heteroatoms. The van der Waals surface area contributed by atoms with Crippen LogP contribution in [0.1, 0.15) is 28.4 Å². The van der Waals surface area contributed by atoms with Crippen LogP contribution >= 0.6 is 38.6 Å². The highest BCUT2D eigenvalue weighted by atomic mass is 79.9. The van der Waals surface area contributed by atoms with Crippen molar-refractivity contribution in [2.24, 2.45) is 0 Å². The molecule has 2 nitrogen and oxygen atoms in total. The Balaban J connectivity index is 2.05. The first-order chi connectivity index (χ1) is 9.08. The second kappa shape index (κ2) is 6.79. The molecule has 0 N–H and O–H groups in total. The Hall–Kier alpha value is -0.490. The van der Waals surface area contributed by atoms with E-state index in [0.29, 0.717) is 12.6 Å². The molecule has 0 aromatic carbocycles. The second-order valence-electron chi connectivity index (χ2n) is 4.60. The number of Topliss-reactive ketones (excluding diaryl/α,β-unsaturated/α-hetero) is 1. The van der Waals surface area contributed by atoms with Crippen molar-refractivity contribution in [2.45, 2.75) is 26.4 Å². The summed E-state index contributed by atoms with van der Waals surface area (Å²) in [4.78, 5) is 16.6. The molecule has 2 aromatic rings. The summed E-state index contributed by atoms with van der Waals surface area (Å²) in [5.41, 5.74) is 0. The summed E-state index contributed by atoms with van der Waals surface area (Å²) in [5, 5.41) is 4.02. The Kier molecular flexibility index (Phi) is 5.33. The van der Waals surface area contributed by atoms with Crippen LogP contribution in [-0.4, -0.2) is 23.3 Å². The maximum Gasteiger partial charge on any atom is 0.187 e. The smallest absolute Gasteiger partial charge is 0.187 e. The first-order valence-corrected chi connectivity index (χ1v) is 8.65. The molecule has 0 amide bonds. The van der Waals surface area contributed by atoms with Crippen molar-refractivity contribution >= 4 is 44.4 Å². The van der Waals surface area contributed by atoms with Crippen molar-refractivity contribution in [2.75, 3.05) is 6.54 Å². The lowest BCUT2D eigenvalue weighted by atomic mass is 10.2. The Morgan fingerprint density at radius 1 is 1.32 bits per heavy atom. The van der Waals surface area contributed by atoms with Crippen LogP contribution in [-0.2, 0) is 6.54 Å². The standard InChI is InChI=1S/C14H16BrNOS2/c1-10(2)16(8-11-4-3-6-18-11)9-13(17)14-12(15)5-7-19-14/h3-7,10H,8-9H2,1-2H3. The van der Waals surface area contributed by atoms with E-state index in [9.17, 15) is 4.79 Å². The highest BCUT2D eigenvalue weighted by Crippen LogP contribution is 2.24. The largest absolute Gasteiger partial charge is 0.292 e. The van der Waals surface area contributed by atoms with Crippen molar-refractivity contribution in [1.82, 2.24) is 4.90 Å². The molecular weight excluding hydrogens is 342 g/mol. The van der Waals surface area contributed by atoms with E-state index in [1.807, 2.05) is 11.4 Å². The quantitative estimate of drug-likeness (QED) is 0.700. The Bertz CT molecular complexity index is 533. The molecule has 0 radical (unpaired) electrons. The summed E-state index contributed by atoms with van der Waals surface area (Å²) >= 11 is 6.66. The van der Waals surface area contributed by atoms with Crippen LogP contribution in [0.5, 0.6) is 0 Å². The van der Waals surface area contributed by atoms with Gasteiger partial charge in [-0.3, -0.25) is 9.69 Å². The van der Waals surface area contributed by atoms with E-state index >= 15 is 0 Å². The molecule has 0 fully saturated rings. The highest BCUT2D eigenvalue weighted by molar-refractivity contribution is 9.10. The number of thiophene rings is 2. The lowest BCUT2D eigenvalue weighted by Crippen LogP contribution is -2.34. The molecule has 19 heavy (non-hydrogen) atoms. The van der Waals surface area contributed by atoms with E-state index in [1.54, 1.807) is 11.3 Å². The summed E-state index contributed by atoms with van der Waals surface area (Å²) < 4.78 is 0.905. The predicted molar refractivity (Wildman–Crippen MR) is 86.2 cm³/mol. The van der Waals surface area contributed by atoms with E-state index in [1.165, 1.54) is 16.2 Å². The molecule has 0 aliphatic carbocycles. The Morgan fingerprint density at radius 2 is 2.11 bits per heavy atom. The normalized spacial score (nSPS) is 11.4. The molecule has 102 valence electrons. The van der Waals surface area contributed by atoms with Gasteiger partial charge in [0.05, 0.1) is 11.4 Å². The number of carbonyl (C=O) groups is 1. The minimum Gasteiger partial charge on any atom is -0.292 e. The van der Waals surface area contributed by atoms with Crippen LogP contribution < -0.4 is 0 Å². The van der Waals surface area contributed by atoms with Gasteiger partial charge in [-0.1, -0.05) is 6.07 Å². The van der Waals surface area contributed by atoms with Gasteiger partial charge in [-0.25, -0.2) is 0 Å². The molecule has 0 saturated heterocycles. The van der Waals surface area contributed by atoms with Gasteiger partial charge < -0.3 is 0 Å². The number of hydrogen-bond acceptors (Lipinski definition) is 4. The molecule has 0 aliphatic heterocycles. The molecule has 2 rings (SSSR count). The predicted octanol–water partition coefficient (Wildman–Crippen LogP) is 4.67. The summed E-state index contributed by atoms with van der Waals surface area (Å²) in [7, 11) is 0. The monoisotopic (exact) mass is 357 g/mol. The highest BCUT2D eigenvalue weighted by Gasteiger charge is 2.18. The van der Waals surface area contributed by atoms with Gasteiger partial charge in [0.2, 0.25) is 0 Å². The van der Waals surface area contributed by atoms with Gasteiger partial charge in [0.25, 0.3) is 0 Å². The van der Waals surface area contributed by atoms with Crippen LogP contribution in [0.25, 0.3) is 0 Å². The van der Waals surface area contributed by atoms with Gasteiger partial charge in [0.15, 0.2) is 5.78 Å². The van der Waals surface area contributed by atoms with Crippen LogP contribution in [0.15, 0.2) is 33.4 Å². The molecule has 0 unspecified atom stereocenters. The molecular formula is C14H16BrNOS2. The molecule has 0 bridgehead atoms. The number of carbonyl (C=O) groups excluding carboxylic acids is 1. The van der Waals surface area contributed by atoms with Gasteiger partial charge in [-0.05, 0) is 52.7 Å². The van der Waals surface area contributed by atoms with E-state index < -0.39 is 0 Å². The Morgan fingerprint density at radius 3 is 2.63 bits per heavy atom. The zero-order chi connectivity index (χ0) is 13.8. The van der Waals surface area contributed by atoms with Crippen LogP contribution in [0.4, 0.5) is 0 Å². The molecule has 2 aromatic heterocycles. The summed E-state index contributed by atoms with van der Waals surface area (Å²) in [6, 6.07) is 6.45. The third-order valence-corrected chi connectivity index (χ3v) is 5.63. The fourth-order valence-corrected chi connectivity index (χ4v) is 4.03. The zero-order valence-corrected chi connectivity index (χ0v) is 14.1. The third-order valence-electron chi connectivity index (χ3n) is 2.89. The summed E-state index contributed by atoms with van der Waals surface area (Å²) in [6.45, 7) is 5.56. The van der Waals surface area contributed by atoms with Crippen molar-refractivity contribution in [3.63, 3.8) is 0 Å². The maximum atomic E-state index is 12.3. The first-order valence-electron chi connectivity index (χ1n) is 6.10. The second-order valence-corrected chi connectivity index (χ2v) is 7.40. The van der Waals surface area contributed by atoms with Crippen molar-refractivity contribution in [3.05, 3.63) is 43.2 Å². The lowest BCUT2D eigenvalue weighted by molar-refractivity contribution is 0.0902. The van der Waals surface area contributed by atoms with Gasteiger partial charge >= 0.3 is 0 Å². The molecule has 0 atom stereocenters. The van der Waals surface area contributed by atoms with Crippen molar-refractivity contribution in [1.29, 1.82) is 0 Å². The van der Waals surface area contributed by atoms with Gasteiger partial charge in [0.1, 0.15) is 0 Å². The molecule has 0 saturated carbocycles. The summed E-state index contributed by atoms with van der Waals surface area (Å²) in [5.74, 6) is 0.187. The minimum absolute atomic E-state index is 0.187. The van der Waals surface area contributed by atoms with Crippen LogP contribution in [0, 0.1) is 0 Å². The van der Waals surface area contributed by atoms with E-state index in [2.05, 4.69) is 52.2 Å². The number of halogens is 1. The average Bonchev–Trinajstić information content (AvgIpc) is 2.99. The summed E-state index contributed by atoms with van der Waals surface area (Å²) in [6.07, 6.45) is 0. The van der Waals surface area contributed by atoms with Gasteiger partial charge in [0, 0.05) is 21.9 Å². The number of nitrogens with zero attached hydrogens (tertiary/aromatic N) is 1. The lowest BCUT2D eigenvalue weighted by Gasteiger charge is -2.24. The number of rotatable bonds is 6. The number of ketones is 1. The number of hydrogen-bond donors (Lipinski definition) is 0. The van der Waals surface area contributed by atoms with E-state index in [-0.39, 0.29) is 5.78 Å². The SMILES string of the molecule is CC(C)N(CC(=O)c1sccc1Br)Cc1cccs1. The van der Waals surface area contributed by atoms with Gasteiger partial charge in [-0.2, -0.15) is 0 Å². The zero-order valence-electron chi connectivity index (χ0n) is 10.9. The van der Waals surface area contributed by atoms with Gasteiger partial charge in [-0.15, -0.1) is 22.7 Å². The topological polar surface area (TPSA) is 20.3 Å². The molecule has 0 spiro atoms. The maximum absolute atomic E-state index is 12.3. The average molecular weight is 358 g/mol. The van der Waals surface area contributed by atoms with E-state index in [4.69, 9.17) is 0 Å². The van der Waals surface area contributed by atoms with Crippen molar-refractivity contribution in [3.8, 4) is 0 Å². The van der Waals surface area contributed by atoms with E-state index in [0.717, 1.165) is 15.9 Å². The van der Waals surface area contributed by atoms with Crippen LogP contribution in [0.3, 0.4) is 0 Å². The fraction of sp³-hybridized carbons (Fsp3) is 0.357.